The predicted octanol–water partition coefficient (Wildman–Crippen LogP) is 1.71. The highest BCUT2D eigenvalue weighted by atomic mass is 32.2. The zero-order valence-electron chi connectivity index (χ0n) is 14.4. The predicted molar refractivity (Wildman–Crippen MR) is 97.1 cm³/mol. The SMILES string of the molecule is CCOC(=O)[C@@H](Cc1ccccc1)N1CCN[C@H](CCSC)C1=O. The van der Waals surface area contributed by atoms with E-state index in [1.165, 1.54) is 0 Å². The van der Waals surface area contributed by atoms with Gasteiger partial charge in [-0.1, -0.05) is 30.3 Å². The molecule has 132 valence electrons. The second kappa shape index (κ2) is 9.69. The average molecular weight is 350 g/mol. The van der Waals surface area contributed by atoms with E-state index in [2.05, 4.69) is 5.32 Å². The topological polar surface area (TPSA) is 58.6 Å². The van der Waals surface area contributed by atoms with E-state index in [4.69, 9.17) is 4.74 Å². The van der Waals surface area contributed by atoms with Crippen LogP contribution in [0.5, 0.6) is 0 Å². The van der Waals surface area contributed by atoms with E-state index in [1.54, 1.807) is 23.6 Å². The molecule has 5 nitrogen and oxygen atoms in total. The van der Waals surface area contributed by atoms with Crippen LogP contribution in [-0.4, -0.2) is 60.6 Å². The number of piperazine rings is 1. The van der Waals surface area contributed by atoms with Crippen molar-refractivity contribution in [2.45, 2.75) is 31.8 Å². The van der Waals surface area contributed by atoms with Gasteiger partial charge in [-0.2, -0.15) is 11.8 Å². The quantitative estimate of drug-likeness (QED) is 0.724. The average Bonchev–Trinajstić information content (AvgIpc) is 2.60. The molecule has 1 N–H and O–H groups in total. The van der Waals surface area contributed by atoms with Gasteiger partial charge in [0.15, 0.2) is 0 Å². The number of nitrogens with one attached hydrogen (secondary N) is 1. The molecule has 1 heterocycles. The Morgan fingerprint density at radius 2 is 2.17 bits per heavy atom. The Labute approximate surface area is 148 Å². The van der Waals surface area contributed by atoms with Gasteiger partial charge in [-0.25, -0.2) is 4.79 Å². The number of esters is 1. The van der Waals surface area contributed by atoms with Gasteiger partial charge >= 0.3 is 5.97 Å². The monoisotopic (exact) mass is 350 g/mol. The standard InChI is InChI=1S/C18H26N2O3S/c1-3-23-18(22)16(13-14-7-5-4-6-8-14)20-11-10-19-15(17(20)21)9-12-24-2/h4-8,15-16,19H,3,9-13H2,1-2H3/t15-,16-/m1/s1. The summed E-state index contributed by atoms with van der Waals surface area (Å²) in [6.07, 6.45) is 3.29. The maximum atomic E-state index is 12.8. The van der Waals surface area contributed by atoms with E-state index in [0.29, 0.717) is 26.1 Å². The van der Waals surface area contributed by atoms with Crippen LogP contribution in [0.4, 0.5) is 0 Å². The van der Waals surface area contributed by atoms with E-state index in [-0.39, 0.29) is 17.9 Å². The van der Waals surface area contributed by atoms with E-state index in [0.717, 1.165) is 17.7 Å². The van der Waals surface area contributed by atoms with Gasteiger partial charge in [-0.05, 0) is 30.9 Å². The zero-order chi connectivity index (χ0) is 17.4. The number of nitrogens with zero attached hydrogens (tertiary/aromatic N) is 1. The van der Waals surface area contributed by atoms with Gasteiger partial charge in [-0.3, -0.25) is 4.79 Å². The first-order chi connectivity index (χ1) is 11.7. The summed E-state index contributed by atoms with van der Waals surface area (Å²) in [4.78, 5) is 27.0. The minimum atomic E-state index is -0.557. The number of ether oxygens (including phenoxy) is 1. The molecule has 1 aromatic rings. The molecular formula is C18H26N2O3S. The number of amides is 1. The van der Waals surface area contributed by atoms with E-state index < -0.39 is 6.04 Å². The van der Waals surface area contributed by atoms with Crippen LogP contribution in [0.3, 0.4) is 0 Å². The third kappa shape index (κ3) is 4.98. The zero-order valence-corrected chi connectivity index (χ0v) is 15.2. The number of benzene rings is 1. The van der Waals surface area contributed by atoms with E-state index in [9.17, 15) is 9.59 Å². The Balaban J connectivity index is 2.15. The second-order valence-corrected chi connectivity index (χ2v) is 6.76. The lowest BCUT2D eigenvalue weighted by Gasteiger charge is -2.37. The van der Waals surface area contributed by atoms with Crippen molar-refractivity contribution in [2.75, 3.05) is 31.7 Å². The summed E-state index contributed by atoms with van der Waals surface area (Å²) in [6, 6.07) is 9.01. The molecule has 0 aliphatic carbocycles. The summed E-state index contributed by atoms with van der Waals surface area (Å²) in [5, 5.41) is 3.27. The molecule has 1 aliphatic rings. The van der Waals surface area contributed by atoms with Crippen molar-refractivity contribution in [2.24, 2.45) is 0 Å². The van der Waals surface area contributed by atoms with Crippen molar-refractivity contribution >= 4 is 23.6 Å². The smallest absolute Gasteiger partial charge is 0.329 e. The Kier molecular flexibility index (Phi) is 7.59. The van der Waals surface area contributed by atoms with Crippen molar-refractivity contribution in [1.29, 1.82) is 0 Å². The van der Waals surface area contributed by atoms with Gasteiger partial charge in [0, 0.05) is 19.5 Å². The number of carbonyl (C=O) groups is 2. The molecule has 0 spiro atoms. The lowest BCUT2D eigenvalue weighted by atomic mass is 10.0. The molecule has 0 radical (unpaired) electrons. The molecule has 1 saturated heterocycles. The van der Waals surface area contributed by atoms with Crippen molar-refractivity contribution < 1.29 is 14.3 Å². The fourth-order valence-electron chi connectivity index (χ4n) is 2.92. The minimum absolute atomic E-state index is 0.00397. The summed E-state index contributed by atoms with van der Waals surface area (Å²) in [7, 11) is 0. The number of hydrogen-bond donors (Lipinski definition) is 1. The van der Waals surface area contributed by atoms with Gasteiger partial charge in [-0.15, -0.1) is 0 Å². The van der Waals surface area contributed by atoms with Gasteiger partial charge in [0.1, 0.15) is 6.04 Å². The third-order valence-electron chi connectivity index (χ3n) is 4.14. The maximum Gasteiger partial charge on any atom is 0.329 e. The molecule has 0 bridgehead atoms. The Morgan fingerprint density at radius 3 is 2.83 bits per heavy atom. The van der Waals surface area contributed by atoms with Crippen LogP contribution in [0.1, 0.15) is 18.9 Å². The highest BCUT2D eigenvalue weighted by molar-refractivity contribution is 7.98. The molecule has 24 heavy (non-hydrogen) atoms. The number of rotatable bonds is 8. The second-order valence-electron chi connectivity index (χ2n) is 5.78. The molecule has 1 fully saturated rings. The molecule has 1 amide bonds. The van der Waals surface area contributed by atoms with Crippen LogP contribution in [0.15, 0.2) is 30.3 Å². The van der Waals surface area contributed by atoms with Crippen molar-refractivity contribution in [1.82, 2.24) is 10.2 Å². The first-order valence-corrected chi connectivity index (χ1v) is 9.80. The summed E-state index contributed by atoms with van der Waals surface area (Å²) in [5.41, 5.74) is 1.03. The Bertz CT molecular complexity index is 538. The van der Waals surface area contributed by atoms with Crippen LogP contribution >= 0.6 is 11.8 Å². The lowest BCUT2D eigenvalue weighted by molar-refractivity contribution is -0.156. The molecule has 6 heteroatoms. The van der Waals surface area contributed by atoms with Crippen LogP contribution in [0, 0.1) is 0 Å². The molecule has 2 rings (SSSR count). The molecule has 1 aromatic carbocycles. The fourth-order valence-corrected chi connectivity index (χ4v) is 3.40. The minimum Gasteiger partial charge on any atom is -0.464 e. The van der Waals surface area contributed by atoms with Crippen LogP contribution in [0.2, 0.25) is 0 Å². The number of thioether (sulfide) groups is 1. The molecule has 0 unspecified atom stereocenters. The molecular weight excluding hydrogens is 324 g/mol. The van der Waals surface area contributed by atoms with Crippen LogP contribution < -0.4 is 5.32 Å². The highest BCUT2D eigenvalue weighted by Gasteiger charge is 2.36. The van der Waals surface area contributed by atoms with E-state index in [1.807, 2.05) is 36.6 Å². The number of hydrogen-bond acceptors (Lipinski definition) is 5. The summed E-state index contributed by atoms with van der Waals surface area (Å²) in [6.45, 7) is 3.35. The van der Waals surface area contributed by atoms with Crippen molar-refractivity contribution in [3.63, 3.8) is 0 Å². The summed E-state index contributed by atoms with van der Waals surface area (Å²) in [5.74, 6) is 0.601. The van der Waals surface area contributed by atoms with Crippen molar-refractivity contribution in [3.05, 3.63) is 35.9 Å². The van der Waals surface area contributed by atoms with Gasteiger partial charge in [0.05, 0.1) is 12.6 Å². The Morgan fingerprint density at radius 1 is 1.42 bits per heavy atom. The fraction of sp³-hybridized carbons (Fsp3) is 0.556. The lowest BCUT2D eigenvalue weighted by Crippen LogP contribution is -2.60. The molecule has 0 aromatic heterocycles. The first kappa shape index (κ1) is 18.8. The normalized spacial score (nSPS) is 19.2. The summed E-state index contributed by atoms with van der Waals surface area (Å²) >= 11 is 1.72. The first-order valence-electron chi connectivity index (χ1n) is 8.40. The maximum absolute atomic E-state index is 12.8. The van der Waals surface area contributed by atoms with Crippen molar-refractivity contribution in [3.8, 4) is 0 Å². The Hall–Kier alpha value is -1.53. The highest BCUT2D eigenvalue weighted by Crippen LogP contribution is 2.16. The van der Waals surface area contributed by atoms with Gasteiger partial charge in [0.25, 0.3) is 0 Å². The van der Waals surface area contributed by atoms with Crippen LogP contribution in [0.25, 0.3) is 0 Å². The van der Waals surface area contributed by atoms with Crippen LogP contribution in [-0.2, 0) is 20.7 Å². The summed E-state index contributed by atoms with van der Waals surface area (Å²) < 4.78 is 5.24. The molecule has 0 saturated carbocycles. The molecule has 2 atom stereocenters. The van der Waals surface area contributed by atoms with Gasteiger partial charge in [0.2, 0.25) is 5.91 Å². The molecule has 1 aliphatic heterocycles. The largest absolute Gasteiger partial charge is 0.464 e. The number of carbonyl (C=O) groups excluding carboxylic acids is 2. The third-order valence-corrected chi connectivity index (χ3v) is 4.79. The van der Waals surface area contributed by atoms with Gasteiger partial charge < -0.3 is 15.0 Å². The van der Waals surface area contributed by atoms with E-state index >= 15 is 0 Å².